The minimum atomic E-state index is -4.57. The predicted octanol–water partition coefficient (Wildman–Crippen LogP) is 5.22. The predicted molar refractivity (Wildman–Crippen MR) is 103 cm³/mol. The topological polar surface area (TPSA) is 47.4 Å². The SMILES string of the molecule is CC(C)(C)OC(=O)N1CCC(Cc2cc(C(F)(F)F)nn2-c2ccc(F)cc2)CC1. The van der Waals surface area contributed by atoms with Gasteiger partial charge in [-0.2, -0.15) is 18.3 Å². The Kier molecular flexibility index (Phi) is 6.10. The van der Waals surface area contributed by atoms with E-state index in [4.69, 9.17) is 4.74 Å². The third-order valence-corrected chi connectivity index (χ3v) is 4.91. The Hall–Kier alpha value is -2.58. The van der Waals surface area contributed by atoms with Crippen LogP contribution >= 0.6 is 0 Å². The van der Waals surface area contributed by atoms with Crippen LogP contribution in [0.3, 0.4) is 0 Å². The molecule has 1 aliphatic rings. The number of rotatable bonds is 3. The van der Waals surface area contributed by atoms with Crippen LogP contribution in [0.5, 0.6) is 0 Å². The van der Waals surface area contributed by atoms with Crippen LogP contribution in [-0.2, 0) is 17.3 Å². The third-order valence-electron chi connectivity index (χ3n) is 4.91. The molecule has 0 saturated carbocycles. The van der Waals surface area contributed by atoms with Gasteiger partial charge in [-0.3, -0.25) is 0 Å². The van der Waals surface area contributed by atoms with E-state index in [1.165, 1.54) is 28.9 Å². The number of amides is 1. The van der Waals surface area contributed by atoms with Crippen molar-refractivity contribution in [2.45, 2.75) is 51.8 Å². The Labute approximate surface area is 172 Å². The Bertz CT molecular complexity index is 877. The van der Waals surface area contributed by atoms with Crippen molar-refractivity contribution in [1.82, 2.24) is 14.7 Å². The molecule has 0 atom stereocenters. The molecule has 1 saturated heterocycles. The highest BCUT2D eigenvalue weighted by molar-refractivity contribution is 5.68. The second kappa shape index (κ2) is 8.28. The molecule has 0 unspecified atom stereocenters. The highest BCUT2D eigenvalue weighted by Crippen LogP contribution is 2.31. The van der Waals surface area contributed by atoms with E-state index >= 15 is 0 Å². The van der Waals surface area contributed by atoms with Crippen molar-refractivity contribution < 1.29 is 27.1 Å². The molecule has 1 aromatic heterocycles. The molecule has 3 rings (SSSR count). The second-order valence-corrected chi connectivity index (χ2v) is 8.52. The first kappa shape index (κ1) is 22.1. The molecule has 1 aliphatic heterocycles. The summed E-state index contributed by atoms with van der Waals surface area (Å²) in [4.78, 5) is 13.8. The van der Waals surface area contributed by atoms with Gasteiger partial charge in [0.1, 0.15) is 11.4 Å². The number of hydrogen-bond acceptors (Lipinski definition) is 3. The molecule has 5 nitrogen and oxygen atoms in total. The van der Waals surface area contributed by atoms with Crippen LogP contribution in [-0.4, -0.2) is 39.5 Å². The van der Waals surface area contributed by atoms with E-state index in [9.17, 15) is 22.4 Å². The van der Waals surface area contributed by atoms with E-state index in [2.05, 4.69) is 5.10 Å². The largest absolute Gasteiger partial charge is 0.444 e. The Balaban J connectivity index is 1.73. The van der Waals surface area contributed by atoms with Crippen molar-refractivity contribution in [2.75, 3.05) is 13.1 Å². The summed E-state index contributed by atoms with van der Waals surface area (Å²) < 4.78 is 59.5. The number of nitrogens with zero attached hydrogens (tertiary/aromatic N) is 3. The zero-order chi connectivity index (χ0) is 22.1. The minimum Gasteiger partial charge on any atom is -0.444 e. The van der Waals surface area contributed by atoms with Gasteiger partial charge in [0.25, 0.3) is 0 Å². The molecule has 0 spiro atoms. The fourth-order valence-corrected chi connectivity index (χ4v) is 3.45. The molecule has 0 aliphatic carbocycles. The molecule has 30 heavy (non-hydrogen) atoms. The van der Waals surface area contributed by atoms with E-state index < -0.39 is 23.3 Å². The van der Waals surface area contributed by atoms with E-state index in [1.807, 2.05) is 0 Å². The summed E-state index contributed by atoms with van der Waals surface area (Å²) >= 11 is 0. The van der Waals surface area contributed by atoms with Crippen molar-refractivity contribution in [3.05, 3.63) is 47.5 Å². The molecule has 0 radical (unpaired) electrons. The van der Waals surface area contributed by atoms with E-state index in [0.717, 1.165) is 6.07 Å². The van der Waals surface area contributed by atoms with Gasteiger partial charge in [-0.15, -0.1) is 0 Å². The molecular weight excluding hydrogens is 402 g/mol. The van der Waals surface area contributed by atoms with Crippen LogP contribution < -0.4 is 0 Å². The molecule has 1 fully saturated rings. The van der Waals surface area contributed by atoms with Crippen LogP contribution in [0.15, 0.2) is 30.3 Å². The van der Waals surface area contributed by atoms with Crippen molar-refractivity contribution in [3.63, 3.8) is 0 Å². The highest BCUT2D eigenvalue weighted by atomic mass is 19.4. The Morgan fingerprint density at radius 1 is 1.13 bits per heavy atom. The smallest absolute Gasteiger partial charge is 0.435 e. The van der Waals surface area contributed by atoms with Crippen molar-refractivity contribution in [2.24, 2.45) is 5.92 Å². The Morgan fingerprint density at radius 2 is 1.73 bits per heavy atom. The molecule has 2 heterocycles. The maximum Gasteiger partial charge on any atom is 0.435 e. The van der Waals surface area contributed by atoms with Crippen molar-refractivity contribution in [1.29, 1.82) is 0 Å². The van der Waals surface area contributed by atoms with Crippen LogP contribution in [0.1, 0.15) is 45.0 Å². The lowest BCUT2D eigenvalue weighted by Gasteiger charge is -2.33. The monoisotopic (exact) mass is 427 g/mol. The number of halogens is 4. The first-order valence-corrected chi connectivity index (χ1v) is 9.82. The molecule has 9 heteroatoms. The third kappa shape index (κ3) is 5.52. The van der Waals surface area contributed by atoms with E-state index in [1.54, 1.807) is 25.7 Å². The van der Waals surface area contributed by atoms with E-state index in [0.29, 0.717) is 43.7 Å². The van der Waals surface area contributed by atoms with E-state index in [-0.39, 0.29) is 12.0 Å². The number of likely N-dealkylation sites (tertiary alicyclic amines) is 1. The number of benzene rings is 1. The maximum atomic E-state index is 13.2. The lowest BCUT2D eigenvalue weighted by molar-refractivity contribution is -0.141. The molecule has 0 N–H and O–H groups in total. The second-order valence-electron chi connectivity index (χ2n) is 8.52. The number of alkyl halides is 3. The van der Waals surface area contributed by atoms with Crippen molar-refractivity contribution in [3.8, 4) is 5.69 Å². The summed E-state index contributed by atoms with van der Waals surface area (Å²) in [5.74, 6) is -0.376. The molecular formula is C21H25F4N3O2. The fourth-order valence-electron chi connectivity index (χ4n) is 3.45. The maximum absolute atomic E-state index is 13.2. The quantitative estimate of drug-likeness (QED) is 0.631. The lowest BCUT2D eigenvalue weighted by Crippen LogP contribution is -2.42. The number of aromatic nitrogens is 2. The Morgan fingerprint density at radius 3 is 2.27 bits per heavy atom. The summed E-state index contributed by atoms with van der Waals surface area (Å²) in [7, 11) is 0. The van der Waals surface area contributed by atoms with Gasteiger partial charge >= 0.3 is 12.3 Å². The number of ether oxygens (including phenoxy) is 1. The number of carbonyl (C=O) groups is 1. The summed E-state index contributed by atoms with van der Waals surface area (Å²) in [5, 5.41) is 3.72. The number of hydrogen-bond donors (Lipinski definition) is 0. The van der Waals surface area contributed by atoms with Gasteiger partial charge in [0, 0.05) is 18.8 Å². The van der Waals surface area contributed by atoms with Gasteiger partial charge in [-0.05, 0) is 76.3 Å². The van der Waals surface area contributed by atoms with Gasteiger partial charge in [0.15, 0.2) is 5.69 Å². The zero-order valence-electron chi connectivity index (χ0n) is 17.2. The summed E-state index contributed by atoms with van der Waals surface area (Å²) in [6.45, 7) is 6.36. The number of piperidine rings is 1. The average molecular weight is 427 g/mol. The number of carbonyl (C=O) groups excluding carboxylic acids is 1. The standard InChI is InChI=1S/C21H25F4N3O2/c1-20(2,3)30-19(29)27-10-8-14(9-11-27)12-17-13-18(21(23,24)25)26-28(17)16-6-4-15(22)5-7-16/h4-7,13-14H,8-12H2,1-3H3. The van der Waals surface area contributed by atoms with Crippen LogP contribution in [0.4, 0.5) is 22.4 Å². The van der Waals surface area contributed by atoms with Crippen LogP contribution in [0, 0.1) is 11.7 Å². The van der Waals surface area contributed by atoms with Gasteiger partial charge in [0.05, 0.1) is 5.69 Å². The normalized spacial score (nSPS) is 16.0. The minimum absolute atomic E-state index is 0.0978. The van der Waals surface area contributed by atoms with Gasteiger partial charge in [0.2, 0.25) is 0 Å². The summed E-state index contributed by atoms with van der Waals surface area (Å²) in [6.07, 6.45) is -3.27. The first-order chi connectivity index (χ1) is 13.9. The van der Waals surface area contributed by atoms with Crippen LogP contribution in [0.2, 0.25) is 0 Å². The van der Waals surface area contributed by atoms with Gasteiger partial charge < -0.3 is 9.64 Å². The highest BCUT2D eigenvalue weighted by Gasteiger charge is 2.36. The average Bonchev–Trinajstić information content (AvgIpc) is 3.06. The summed E-state index contributed by atoms with van der Waals surface area (Å²) in [5.41, 5.74) is -0.783. The summed E-state index contributed by atoms with van der Waals surface area (Å²) in [6, 6.07) is 6.22. The molecule has 164 valence electrons. The van der Waals surface area contributed by atoms with Gasteiger partial charge in [-0.25, -0.2) is 13.9 Å². The fraction of sp³-hybridized carbons (Fsp3) is 0.524. The molecule has 1 aromatic carbocycles. The lowest BCUT2D eigenvalue weighted by atomic mass is 9.92. The first-order valence-electron chi connectivity index (χ1n) is 9.82. The molecule has 2 aromatic rings. The van der Waals surface area contributed by atoms with Crippen LogP contribution in [0.25, 0.3) is 5.69 Å². The molecule has 0 bridgehead atoms. The van der Waals surface area contributed by atoms with Crippen molar-refractivity contribution >= 4 is 6.09 Å². The van der Waals surface area contributed by atoms with Gasteiger partial charge in [-0.1, -0.05) is 0 Å². The molecule has 1 amide bonds. The zero-order valence-corrected chi connectivity index (χ0v) is 17.2.